The lowest BCUT2D eigenvalue weighted by Gasteiger charge is -2.17. The van der Waals surface area contributed by atoms with E-state index in [0.29, 0.717) is 6.61 Å². The first-order valence-electron chi connectivity index (χ1n) is 4.65. The van der Waals surface area contributed by atoms with Crippen LogP contribution in [0.5, 0.6) is 0 Å². The second kappa shape index (κ2) is 4.39. The molecule has 1 saturated heterocycles. The number of halogens is 2. The molecule has 86 valence electrons. The van der Waals surface area contributed by atoms with Gasteiger partial charge in [0.05, 0.1) is 6.04 Å². The van der Waals surface area contributed by atoms with E-state index in [0.717, 1.165) is 6.42 Å². The lowest BCUT2D eigenvalue weighted by atomic mass is 10.2. The van der Waals surface area contributed by atoms with Gasteiger partial charge in [0.15, 0.2) is 0 Å². The molecule has 2 heterocycles. The summed E-state index contributed by atoms with van der Waals surface area (Å²) in [6.07, 6.45) is 0.234. The second-order valence-electron chi connectivity index (χ2n) is 3.18. The minimum absolute atomic E-state index is 0.0513. The van der Waals surface area contributed by atoms with Gasteiger partial charge in [0.1, 0.15) is 6.61 Å². The van der Waals surface area contributed by atoms with Crippen molar-refractivity contribution in [1.82, 2.24) is 15.0 Å². The third-order valence-corrected chi connectivity index (χ3v) is 2.55. The molecule has 6 nitrogen and oxygen atoms in total. The summed E-state index contributed by atoms with van der Waals surface area (Å²) in [7, 11) is 0. The van der Waals surface area contributed by atoms with Crippen LogP contribution in [0.2, 0.25) is 10.6 Å². The van der Waals surface area contributed by atoms with Crippen LogP contribution in [0.3, 0.4) is 0 Å². The summed E-state index contributed by atoms with van der Waals surface area (Å²) in [4.78, 5) is 24.1. The third-order valence-electron chi connectivity index (χ3n) is 2.22. The van der Waals surface area contributed by atoms with Crippen LogP contribution < -0.4 is 4.90 Å². The Kier molecular flexibility index (Phi) is 3.11. The maximum absolute atomic E-state index is 11.5. The number of hydrogen-bond donors (Lipinski definition) is 0. The SMILES string of the molecule is CCC1COC(=O)N1c1nc(Cl)nc(Cl)n1. The van der Waals surface area contributed by atoms with Gasteiger partial charge in [-0.2, -0.15) is 15.0 Å². The number of hydrogen-bond acceptors (Lipinski definition) is 5. The van der Waals surface area contributed by atoms with E-state index in [4.69, 9.17) is 27.9 Å². The molecule has 0 aliphatic carbocycles. The summed E-state index contributed by atoms with van der Waals surface area (Å²) >= 11 is 11.3. The van der Waals surface area contributed by atoms with E-state index in [1.165, 1.54) is 4.90 Å². The normalized spacial score (nSPS) is 20.1. The number of rotatable bonds is 2. The van der Waals surface area contributed by atoms with Crippen LogP contribution in [0.15, 0.2) is 0 Å². The van der Waals surface area contributed by atoms with Crippen molar-refractivity contribution < 1.29 is 9.53 Å². The summed E-state index contributed by atoms with van der Waals surface area (Å²) in [6.45, 7) is 2.25. The molecule has 0 bridgehead atoms. The summed E-state index contributed by atoms with van der Waals surface area (Å²) < 4.78 is 4.90. The number of aromatic nitrogens is 3. The molecule has 0 radical (unpaired) electrons. The van der Waals surface area contributed by atoms with E-state index in [9.17, 15) is 4.79 Å². The zero-order chi connectivity index (χ0) is 11.7. The van der Waals surface area contributed by atoms with Crippen LogP contribution in [0.1, 0.15) is 13.3 Å². The summed E-state index contributed by atoms with van der Waals surface area (Å²) in [5, 5.41) is -0.103. The Balaban J connectivity index is 2.38. The molecule has 2 rings (SSSR count). The van der Waals surface area contributed by atoms with Crippen LogP contribution in [-0.4, -0.2) is 33.7 Å². The minimum Gasteiger partial charge on any atom is -0.447 e. The van der Waals surface area contributed by atoms with Gasteiger partial charge in [-0.05, 0) is 29.6 Å². The van der Waals surface area contributed by atoms with Crippen molar-refractivity contribution in [1.29, 1.82) is 0 Å². The first-order chi connectivity index (χ1) is 7.61. The van der Waals surface area contributed by atoms with Crippen molar-refractivity contribution in [2.75, 3.05) is 11.5 Å². The highest BCUT2D eigenvalue weighted by atomic mass is 35.5. The van der Waals surface area contributed by atoms with Crippen LogP contribution in [-0.2, 0) is 4.74 Å². The molecule has 0 saturated carbocycles. The first-order valence-corrected chi connectivity index (χ1v) is 5.40. The van der Waals surface area contributed by atoms with Gasteiger partial charge in [-0.25, -0.2) is 9.69 Å². The fourth-order valence-corrected chi connectivity index (χ4v) is 1.78. The van der Waals surface area contributed by atoms with E-state index < -0.39 is 6.09 Å². The van der Waals surface area contributed by atoms with Gasteiger partial charge >= 0.3 is 6.09 Å². The standard InChI is InChI=1S/C8H8Cl2N4O2/c1-2-4-3-16-8(15)14(4)7-12-5(9)11-6(10)13-7/h4H,2-3H2,1H3. The monoisotopic (exact) mass is 262 g/mol. The second-order valence-corrected chi connectivity index (χ2v) is 3.86. The molecule has 0 aromatic carbocycles. The zero-order valence-corrected chi connectivity index (χ0v) is 9.86. The molecule has 1 unspecified atom stereocenters. The number of carbonyl (C=O) groups excluding carboxylic acids is 1. The predicted molar refractivity (Wildman–Crippen MR) is 57.8 cm³/mol. The van der Waals surface area contributed by atoms with Crippen LogP contribution >= 0.6 is 23.2 Å². The molecule has 1 atom stereocenters. The Morgan fingerprint density at radius 1 is 1.38 bits per heavy atom. The predicted octanol–water partition coefficient (Wildman–Crippen LogP) is 1.91. The van der Waals surface area contributed by atoms with E-state index in [1.54, 1.807) is 0 Å². The number of carbonyl (C=O) groups is 1. The van der Waals surface area contributed by atoms with Crippen LogP contribution in [0.4, 0.5) is 10.7 Å². The van der Waals surface area contributed by atoms with E-state index in [-0.39, 0.29) is 22.6 Å². The first kappa shape index (κ1) is 11.3. The fourth-order valence-electron chi connectivity index (χ4n) is 1.43. The Morgan fingerprint density at radius 3 is 2.56 bits per heavy atom. The Morgan fingerprint density at radius 2 is 2.00 bits per heavy atom. The van der Waals surface area contributed by atoms with E-state index in [1.807, 2.05) is 6.92 Å². The van der Waals surface area contributed by atoms with Crippen molar-refractivity contribution in [3.8, 4) is 0 Å². The molecule has 0 spiro atoms. The Bertz CT molecular complexity index is 408. The summed E-state index contributed by atoms with van der Waals surface area (Å²) in [6, 6.07) is -0.0953. The lowest BCUT2D eigenvalue weighted by Crippen LogP contribution is -2.34. The maximum Gasteiger partial charge on any atom is 0.417 e. The molecule has 1 aromatic heterocycles. The number of cyclic esters (lactones) is 1. The van der Waals surface area contributed by atoms with Gasteiger partial charge in [0, 0.05) is 0 Å². The van der Waals surface area contributed by atoms with Crippen molar-refractivity contribution in [3.05, 3.63) is 10.6 Å². The number of ether oxygens (including phenoxy) is 1. The highest BCUT2D eigenvalue weighted by molar-refractivity contribution is 6.31. The van der Waals surface area contributed by atoms with Gasteiger partial charge in [0.2, 0.25) is 16.5 Å². The Hall–Kier alpha value is -1.14. The molecule has 1 amide bonds. The molecule has 1 aliphatic heterocycles. The average Bonchev–Trinajstić information content (AvgIpc) is 2.58. The topological polar surface area (TPSA) is 68.2 Å². The van der Waals surface area contributed by atoms with Crippen molar-refractivity contribution in [2.45, 2.75) is 19.4 Å². The maximum atomic E-state index is 11.5. The molecular weight excluding hydrogens is 255 g/mol. The molecule has 0 N–H and O–H groups in total. The smallest absolute Gasteiger partial charge is 0.417 e. The highest BCUT2D eigenvalue weighted by Gasteiger charge is 2.35. The zero-order valence-electron chi connectivity index (χ0n) is 8.35. The Labute approximate surface area is 102 Å². The van der Waals surface area contributed by atoms with E-state index in [2.05, 4.69) is 15.0 Å². The average molecular weight is 263 g/mol. The van der Waals surface area contributed by atoms with Crippen molar-refractivity contribution >= 4 is 35.2 Å². The van der Waals surface area contributed by atoms with Gasteiger partial charge in [-0.15, -0.1) is 0 Å². The molecular formula is C8H8Cl2N4O2. The third kappa shape index (κ3) is 2.03. The van der Waals surface area contributed by atoms with Gasteiger partial charge in [0.25, 0.3) is 0 Å². The summed E-state index contributed by atoms with van der Waals surface area (Å²) in [5.74, 6) is 0.124. The quantitative estimate of drug-likeness (QED) is 0.815. The van der Waals surface area contributed by atoms with Crippen LogP contribution in [0, 0.1) is 0 Å². The van der Waals surface area contributed by atoms with Crippen molar-refractivity contribution in [3.63, 3.8) is 0 Å². The molecule has 16 heavy (non-hydrogen) atoms. The molecule has 8 heteroatoms. The largest absolute Gasteiger partial charge is 0.447 e. The van der Waals surface area contributed by atoms with Gasteiger partial charge in [-0.1, -0.05) is 6.92 Å². The molecule has 1 aromatic rings. The van der Waals surface area contributed by atoms with Crippen molar-refractivity contribution in [2.24, 2.45) is 0 Å². The van der Waals surface area contributed by atoms with Gasteiger partial charge < -0.3 is 4.74 Å². The number of anilines is 1. The minimum atomic E-state index is -0.495. The summed E-state index contributed by atoms with van der Waals surface area (Å²) in [5.41, 5.74) is 0. The number of amides is 1. The van der Waals surface area contributed by atoms with E-state index >= 15 is 0 Å². The fraction of sp³-hybridized carbons (Fsp3) is 0.500. The van der Waals surface area contributed by atoms with Gasteiger partial charge in [-0.3, -0.25) is 0 Å². The lowest BCUT2D eigenvalue weighted by molar-refractivity contribution is 0.178. The van der Waals surface area contributed by atoms with Crippen LogP contribution in [0.25, 0.3) is 0 Å². The molecule has 1 aliphatic rings. The number of nitrogens with zero attached hydrogens (tertiary/aromatic N) is 4. The molecule has 1 fully saturated rings. The highest BCUT2D eigenvalue weighted by Crippen LogP contribution is 2.22.